The number of aryl methyl sites for hydroxylation is 1. The molecule has 1 amide bonds. The number of nitrogens with zero attached hydrogens (tertiary/aromatic N) is 3. The van der Waals surface area contributed by atoms with E-state index in [1.54, 1.807) is 31.3 Å². The van der Waals surface area contributed by atoms with Crippen molar-refractivity contribution in [2.24, 2.45) is 0 Å². The molecular weight excluding hydrogens is 434 g/mol. The average Bonchev–Trinajstić information content (AvgIpc) is 3.15. The molecule has 3 aromatic rings. The third-order valence-corrected chi connectivity index (χ3v) is 5.98. The Hall–Kier alpha value is -2.61. The third kappa shape index (κ3) is 5.55. The van der Waals surface area contributed by atoms with E-state index in [1.165, 1.54) is 11.3 Å². The Labute approximate surface area is 191 Å². The summed E-state index contributed by atoms with van der Waals surface area (Å²) in [6, 6.07) is 9.29. The second-order valence-electron chi connectivity index (χ2n) is 7.31. The van der Waals surface area contributed by atoms with Gasteiger partial charge in [-0.15, -0.1) is 0 Å². The average molecular weight is 460 g/mol. The highest BCUT2D eigenvalue weighted by Crippen LogP contribution is 2.33. The minimum Gasteiger partial charge on any atom is -0.493 e. The Bertz CT molecular complexity index is 1110. The second kappa shape index (κ2) is 10.1. The number of methoxy groups -OCH3 is 2. The van der Waals surface area contributed by atoms with Crippen LogP contribution in [0.2, 0.25) is 5.02 Å². The minimum absolute atomic E-state index is 0.139. The van der Waals surface area contributed by atoms with Crippen molar-refractivity contribution < 1.29 is 14.3 Å². The van der Waals surface area contributed by atoms with Gasteiger partial charge in [0.05, 0.1) is 24.4 Å². The van der Waals surface area contributed by atoms with Crippen LogP contribution in [0.3, 0.4) is 0 Å². The van der Waals surface area contributed by atoms with Crippen molar-refractivity contribution in [2.45, 2.75) is 6.92 Å². The van der Waals surface area contributed by atoms with Gasteiger partial charge < -0.3 is 14.4 Å². The molecule has 0 aliphatic heterocycles. The lowest BCUT2D eigenvalue weighted by atomic mass is 10.2. The van der Waals surface area contributed by atoms with E-state index in [9.17, 15) is 4.79 Å². The van der Waals surface area contributed by atoms with E-state index in [4.69, 9.17) is 26.1 Å². The highest BCUT2D eigenvalue weighted by Gasteiger charge is 2.19. The number of amides is 1. The zero-order valence-electron chi connectivity index (χ0n) is 18.3. The molecule has 0 atom stereocenters. The largest absolute Gasteiger partial charge is 0.493 e. The molecule has 0 unspecified atom stereocenters. The van der Waals surface area contributed by atoms with Crippen molar-refractivity contribution in [1.29, 1.82) is 0 Å². The van der Waals surface area contributed by atoms with Gasteiger partial charge in [-0.25, -0.2) is 4.98 Å². The SMILES string of the molecule is COc1ccc(/C=C/C(=O)N(CCN(C)C)c2nc3c(C)cc(Cl)cc3s2)cc1OC. The maximum absolute atomic E-state index is 13.1. The van der Waals surface area contributed by atoms with Gasteiger partial charge in [-0.3, -0.25) is 9.69 Å². The van der Waals surface area contributed by atoms with Crippen molar-refractivity contribution in [3.63, 3.8) is 0 Å². The smallest absolute Gasteiger partial charge is 0.252 e. The normalized spacial score (nSPS) is 11.5. The summed E-state index contributed by atoms with van der Waals surface area (Å²) in [6.07, 6.45) is 3.32. The van der Waals surface area contributed by atoms with Crippen molar-refractivity contribution in [1.82, 2.24) is 9.88 Å². The number of benzene rings is 2. The predicted molar refractivity (Wildman–Crippen MR) is 129 cm³/mol. The molecule has 6 nitrogen and oxygen atoms in total. The molecule has 8 heteroatoms. The van der Waals surface area contributed by atoms with E-state index in [1.807, 2.05) is 56.3 Å². The van der Waals surface area contributed by atoms with Gasteiger partial charge in [-0.2, -0.15) is 0 Å². The zero-order chi connectivity index (χ0) is 22.5. The number of halogens is 1. The monoisotopic (exact) mass is 459 g/mol. The summed E-state index contributed by atoms with van der Waals surface area (Å²) in [6.45, 7) is 3.21. The van der Waals surface area contributed by atoms with E-state index in [0.717, 1.165) is 21.3 Å². The molecular formula is C23H26ClN3O3S. The van der Waals surface area contributed by atoms with Crippen LogP contribution < -0.4 is 14.4 Å². The predicted octanol–water partition coefficient (Wildman–Crippen LogP) is 4.88. The van der Waals surface area contributed by atoms with E-state index in [2.05, 4.69) is 0 Å². The summed E-state index contributed by atoms with van der Waals surface area (Å²) in [4.78, 5) is 21.6. The van der Waals surface area contributed by atoms with E-state index >= 15 is 0 Å². The van der Waals surface area contributed by atoms with E-state index in [-0.39, 0.29) is 5.91 Å². The maximum Gasteiger partial charge on any atom is 0.252 e. The molecule has 1 heterocycles. The first kappa shape index (κ1) is 23.1. The van der Waals surface area contributed by atoms with Crippen LogP contribution in [0.15, 0.2) is 36.4 Å². The van der Waals surface area contributed by atoms with Gasteiger partial charge in [-0.05, 0) is 62.5 Å². The number of thiazole rings is 1. The van der Waals surface area contributed by atoms with Crippen molar-refractivity contribution in [3.05, 3.63) is 52.6 Å². The Morgan fingerprint density at radius 1 is 1.13 bits per heavy atom. The second-order valence-corrected chi connectivity index (χ2v) is 8.75. The fourth-order valence-corrected chi connectivity index (χ4v) is 4.52. The fourth-order valence-electron chi connectivity index (χ4n) is 3.07. The highest BCUT2D eigenvalue weighted by molar-refractivity contribution is 7.22. The first-order valence-corrected chi connectivity index (χ1v) is 10.9. The molecule has 164 valence electrons. The number of anilines is 1. The number of aromatic nitrogens is 1. The number of fused-ring (bicyclic) bond motifs is 1. The van der Waals surface area contributed by atoms with Crippen LogP contribution in [-0.4, -0.2) is 57.2 Å². The van der Waals surface area contributed by atoms with Crippen molar-refractivity contribution in [3.8, 4) is 11.5 Å². The maximum atomic E-state index is 13.1. The standard InChI is InChI=1S/C23H26ClN3O3S/c1-15-12-17(24)14-20-22(15)25-23(31-20)27(11-10-26(2)3)21(28)9-7-16-6-8-18(29-4)19(13-16)30-5/h6-9,12-14H,10-11H2,1-5H3/b9-7+. The number of carbonyl (C=O) groups is 1. The van der Waals surface area contributed by atoms with Crippen LogP contribution in [0.25, 0.3) is 16.3 Å². The van der Waals surface area contributed by atoms with Gasteiger partial charge in [0, 0.05) is 24.2 Å². The van der Waals surface area contributed by atoms with Gasteiger partial charge in [0.15, 0.2) is 16.6 Å². The van der Waals surface area contributed by atoms with Crippen LogP contribution >= 0.6 is 22.9 Å². The molecule has 0 radical (unpaired) electrons. The van der Waals surface area contributed by atoms with Crippen LogP contribution in [-0.2, 0) is 4.79 Å². The molecule has 0 N–H and O–H groups in total. The Kier molecular flexibility index (Phi) is 7.54. The summed E-state index contributed by atoms with van der Waals surface area (Å²) in [5, 5.41) is 1.32. The third-order valence-electron chi connectivity index (χ3n) is 4.73. The summed E-state index contributed by atoms with van der Waals surface area (Å²) in [7, 11) is 7.13. The Morgan fingerprint density at radius 2 is 1.87 bits per heavy atom. The van der Waals surface area contributed by atoms with Gasteiger partial charge >= 0.3 is 0 Å². The molecule has 1 aromatic heterocycles. The van der Waals surface area contributed by atoms with Crippen molar-refractivity contribution >= 4 is 50.3 Å². The molecule has 31 heavy (non-hydrogen) atoms. The number of carbonyl (C=O) groups excluding carboxylic acids is 1. The summed E-state index contributed by atoms with van der Waals surface area (Å²) >= 11 is 7.67. The van der Waals surface area contributed by atoms with Gasteiger partial charge in [0.1, 0.15) is 0 Å². The van der Waals surface area contributed by atoms with Crippen LogP contribution in [0, 0.1) is 6.92 Å². The van der Waals surface area contributed by atoms with Gasteiger partial charge in [0.2, 0.25) is 0 Å². The van der Waals surface area contributed by atoms with Gasteiger partial charge in [-0.1, -0.05) is 29.0 Å². The highest BCUT2D eigenvalue weighted by atomic mass is 35.5. The summed E-state index contributed by atoms with van der Waals surface area (Å²) in [5.41, 5.74) is 2.70. The lowest BCUT2D eigenvalue weighted by molar-refractivity contribution is -0.114. The molecule has 3 rings (SSSR count). The zero-order valence-corrected chi connectivity index (χ0v) is 19.9. The van der Waals surface area contributed by atoms with Crippen LogP contribution in [0.5, 0.6) is 11.5 Å². The molecule has 0 aliphatic rings. The summed E-state index contributed by atoms with van der Waals surface area (Å²) < 4.78 is 11.6. The quantitative estimate of drug-likeness (QED) is 0.449. The topological polar surface area (TPSA) is 54.9 Å². The van der Waals surface area contributed by atoms with Crippen molar-refractivity contribution in [2.75, 3.05) is 46.3 Å². The first-order valence-electron chi connectivity index (χ1n) is 9.75. The lowest BCUT2D eigenvalue weighted by Crippen LogP contribution is -2.35. The molecule has 0 saturated carbocycles. The number of likely N-dealkylation sites (N-methyl/N-ethyl adjacent to an activating group) is 1. The number of hydrogen-bond donors (Lipinski definition) is 0. The molecule has 0 fully saturated rings. The summed E-state index contributed by atoms with van der Waals surface area (Å²) in [5.74, 6) is 1.11. The number of ether oxygens (including phenoxy) is 2. The van der Waals surface area contributed by atoms with E-state index < -0.39 is 0 Å². The molecule has 0 spiro atoms. The Balaban J connectivity index is 1.90. The number of hydrogen-bond acceptors (Lipinski definition) is 6. The minimum atomic E-state index is -0.139. The lowest BCUT2D eigenvalue weighted by Gasteiger charge is -2.20. The molecule has 0 bridgehead atoms. The Morgan fingerprint density at radius 3 is 2.55 bits per heavy atom. The van der Waals surface area contributed by atoms with Crippen LogP contribution in [0.4, 0.5) is 5.13 Å². The van der Waals surface area contributed by atoms with Gasteiger partial charge in [0.25, 0.3) is 5.91 Å². The number of rotatable bonds is 8. The molecule has 0 saturated heterocycles. The first-order chi connectivity index (χ1) is 14.8. The fraction of sp³-hybridized carbons (Fsp3) is 0.304. The molecule has 2 aromatic carbocycles. The van der Waals surface area contributed by atoms with E-state index in [0.29, 0.717) is 34.7 Å². The molecule has 0 aliphatic carbocycles. The van der Waals surface area contributed by atoms with Crippen LogP contribution in [0.1, 0.15) is 11.1 Å².